The van der Waals surface area contributed by atoms with Crippen molar-refractivity contribution in [3.63, 3.8) is 0 Å². The molecule has 0 aromatic carbocycles. The lowest BCUT2D eigenvalue weighted by molar-refractivity contribution is 0.121. The van der Waals surface area contributed by atoms with Crippen LogP contribution in [0.5, 0.6) is 0 Å². The summed E-state index contributed by atoms with van der Waals surface area (Å²) < 4.78 is 0. The number of thioether (sulfide) groups is 1. The summed E-state index contributed by atoms with van der Waals surface area (Å²) in [7, 11) is 0. The molecule has 0 aromatic rings. The van der Waals surface area contributed by atoms with Gasteiger partial charge in [-0.25, -0.2) is 0 Å². The summed E-state index contributed by atoms with van der Waals surface area (Å²) in [6.07, 6.45) is 0. The maximum atomic E-state index is 3.53. The molecule has 2 aliphatic rings. The van der Waals surface area contributed by atoms with E-state index in [2.05, 4.69) is 33.8 Å². The van der Waals surface area contributed by atoms with Crippen LogP contribution in [0.4, 0.5) is 0 Å². The number of nitrogens with zero attached hydrogens (tertiary/aromatic N) is 2. The van der Waals surface area contributed by atoms with E-state index < -0.39 is 0 Å². The Morgan fingerprint density at radius 3 is 2.62 bits per heavy atom. The lowest BCUT2D eigenvalue weighted by atomic mass is 10.3. The predicted molar refractivity (Wildman–Crippen MR) is 57.9 cm³/mol. The molecule has 3 nitrogen and oxygen atoms in total. The van der Waals surface area contributed by atoms with Gasteiger partial charge >= 0.3 is 0 Å². The summed E-state index contributed by atoms with van der Waals surface area (Å²) in [5.74, 6) is 1.28. The van der Waals surface area contributed by atoms with Gasteiger partial charge in [-0.15, -0.1) is 11.8 Å². The van der Waals surface area contributed by atoms with Gasteiger partial charge in [-0.1, -0.05) is 6.92 Å². The first-order chi connectivity index (χ1) is 6.40. The van der Waals surface area contributed by atoms with Crippen LogP contribution in [0.2, 0.25) is 0 Å². The highest BCUT2D eigenvalue weighted by Crippen LogP contribution is 2.19. The average Bonchev–Trinajstić information content (AvgIpc) is 2.71. The fraction of sp³-hybridized carbons (Fsp3) is 1.00. The molecule has 2 fully saturated rings. The molecule has 1 N–H and O–H groups in total. The molecule has 2 saturated heterocycles. The van der Waals surface area contributed by atoms with E-state index in [-0.39, 0.29) is 0 Å². The van der Waals surface area contributed by atoms with Crippen LogP contribution in [0, 0.1) is 0 Å². The molecule has 0 aliphatic carbocycles. The van der Waals surface area contributed by atoms with E-state index in [9.17, 15) is 0 Å². The lowest BCUT2D eigenvalue weighted by Crippen LogP contribution is -2.51. The van der Waals surface area contributed by atoms with Crippen LogP contribution in [-0.2, 0) is 0 Å². The van der Waals surface area contributed by atoms with Crippen molar-refractivity contribution in [3.05, 3.63) is 0 Å². The molecule has 4 heteroatoms. The Hall–Kier alpha value is 0.230. The van der Waals surface area contributed by atoms with Crippen molar-refractivity contribution in [2.75, 3.05) is 45.0 Å². The number of rotatable bonds is 2. The third kappa shape index (κ3) is 2.37. The molecule has 2 rings (SSSR count). The first-order valence-electron chi connectivity index (χ1n) is 5.21. The second-order valence-electron chi connectivity index (χ2n) is 3.65. The Kier molecular flexibility index (Phi) is 3.49. The number of hydrogen-bond acceptors (Lipinski definition) is 4. The van der Waals surface area contributed by atoms with E-state index in [4.69, 9.17) is 0 Å². The molecule has 2 aliphatic heterocycles. The number of likely N-dealkylation sites (N-methyl/N-ethyl adjacent to an activating group) is 1. The molecular weight excluding hydrogens is 182 g/mol. The van der Waals surface area contributed by atoms with Crippen molar-refractivity contribution in [1.29, 1.82) is 0 Å². The largest absolute Gasteiger partial charge is 0.301 e. The minimum atomic E-state index is 0.610. The summed E-state index contributed by atoms with van der Waals surface area (Å²) in [6, 6.07) is 0. The van der Waals surface area contributed by atoms with Gasteiger partial charge in [0, 0.05) is 38.5 Å². The van der Waals surface area contributed by atoms with Crippen LogP contribution in [-0.4, -0.2) is 60.3 Å². The van der Waals surface area contributed by atoms with E-state index >= 15 is 0 Å². The minimum absolute atomic E-state index is 0.610. The van der Waals surface area contributed by atoms with Gasteiger partial charge in [0.1, 0.15) is 5.50 Å². The highest BCUT2D eigenvalue weighted by molar-refractivity contribution is 8.00. The molecule has 2 heterocycles. The molecule has 0 radical (unpaired) electrons. The molecule has 13 heavy (non-hydrogen) atoms. The zero-order chi connectivity index (χ0) is 9.10. The SMILES string of the molecule is CCN1CCN(C2NCCS2)CC1. The number of hydrogen-bond donors (Lipinski definition) is 1. The molecule has 0 aromatic heterocycles. The summed E-state index contributed by atoms with van der Waals surface area (Å²) in [6.45, 7) is 9.60. The Balaban J connectivity index is 1.77. The van der Waals surface area contributed by atoms with Crippen LogP contribution in [0.3, 0.4) is 0 Å². The van der Waals surface area contributed by atoms with Gasteiger partial charge in [0.25, 0.3) is 0 Å². The molecule has 0 amide bonds. The second kappa shape index (κ2) is 4.64. The van der Waals surface area contributed by atoms with E-state index in [0.717, 1.165) is 0 Å². The summed E-state index contributed by atoms with van der Waals surface area (Å²) >= 11 is 2.05. The first-order valence-corrected chi connectivity index (χ1v) is 6.26. The van der Waals surface area contributed by atoms with Gasteiger partial charge in [0.05, 0.1) is 0 Å². The third-order valence-corrected chi connectivity index (χ3v) is 4.10. The van der Waals surface area contributed by atoms with Gasteiger partial charge in [-0.05, 0) is 6.54 Å². The quantitative estimate of drug-likeness (QED) is 0.690. The molecule has 0 bridgehead atoms. The third-order valence-electron chi connectivity index (χ3n) is 2.88. The van der Waals surface area contributed by atoms with Gasteiger partial charge in [0.2, 0.25) is 0 Å². The summed E-state index contributed by atoms with van der Waals surface area (Å²) in [5.41, 5.74) is 0.610. The maximum absolute atomic E-state index is 3.53. The van der Waals surface area contributed by atoms with Gasteiger partial charge in [-0.3, -0.25) is 10.2 Å². The average molecular weight is 201 g/mol. The van der Waals surface area contributed by atoms with Crippen molar-refractivity contribution < 1.29 is 0 Å². The van der Waals surface area contributed by atoms with Crippen molar-refractivity contribution in [3.8, 4) is 0 Å². The topological polar surface area (TPSA) is 18.5 Å². The number of piperazine rings is 1. The van der Waals surface area contributed by atoms with Crippen molar-refractivity contribution in [2.45, 2.75) is 12.4 Å². The van der Waals surface area contributed by atoms with Crippen molar-refractivity contribution in [2.24, 2.45) is 0 Å². The molecule has 1 unspecified atom stereocenters. The Morgan fingerprint density at radius 1 is 1.31 bits per heavy atom. The van der Waals surface area contributed by atoms with Crippen LogP contribution >= 0.6 is 11.8 Å². The maximum Gasteiger partial charge on any atom is 0.108 e. The van der Waals surface area contributed by atoms with Crippen LogP contribution < -0.4 is 5.32 Å². The van der Waals surface area contributed by atoms with Gasteiger partial charge < -0.3 is 4.90 Å². The fourth-order valence-electron chi connectivity index (χ4n) is 1.96. The fourth-order valence-corrected chi connectivity index (χ4v) is 3.08. The summed E-state index contributed by atoms with van der Waals surface area (Å²) in [5, 5.41) is 3.53. The molecule has 1 atom stereocenters. The molecule has 0 spiro atoms. The normalized spacial score (nSPS) is 32.5. The van der Waals surface area contributed by atoms with E-state index in [0.29, 0.717) is 5.50 Å². The Morgan fingerprint density at radius 2 is 2.08 bits per heavy atom. The highest BCUT2D eigenvalue weighted by Gasteiger charge is 2.25. The smallest absolute Gasteiger partial charge is 0.108 e. The van der Waals surface area contributed by atoms with Crippen LogP contribution in [0.15, 0.2) is 0 Å². The zero-order valence-corrected chi connectivity index (χ0v) is 9.15. The van der Waals surface area contributed by atoms with E-state index in [1.54, 1.807) is 0 Å². The predicted octanol–water partition coefficient (Wildman–Crippen LogP) is 0.244. The molecular formula is C9H19N3S. The lowest BCUT2D eigenvalue weighted by Gasteiger charge is -2.36. The summed E-state index contributed by atoms with van der Waals surface area (Å²) in [4.78, 5) is 5.10. The Labute approximate surface area is 84.8 Å². The van der Waals surface area contributed by atoms with Gasteiger partial charge in [-0.2, -0.15) is 0 Å². The monoisotopic (exact) mass is 201 g/mol. The number of nitrogens with one attached hydrogen (secondary N) is 1. The second-order valence-corrected chi connectivity index (χ2v) is 4.84. The molecule has 76 valence electrons. The van der Waals surface area contributed by atoms with E-state index in [1.165, 1.54) is 45.0 Å². The zero-order valence-electron chi connectivity index (χ0n) is 8.33. The van der Waals surface area contributed by atoms with Crippen molar-refractivity contribution in [1.82, 2.24) is 15.1 Å². The van der Waals surface area contributed by atoms with Crippen LogP contribution in [0.25, 0.3) is 0 Å². The first kappa shape index (κ1) is 9.77. The molecule has 0 saturated carbocycles. The minimum Gasteiger partial charge on any atom is -0.301 e. The van der Waals surface area contributed by atoms with Gasteiger partial charge in [0.15, 0.2) is 0 Å². The van der Waals surface area contributed by atoms with E-state index in [1.807, 2.05) is 0 Å². The van der Waals surface area contributed by atoms with Crippen LogP contribution in [0.1, 0.15) is 6.92 Å². The standard InChI is InChI=1S/C9H19N3S/c1-2-11-4-6-12(7-5-11)9-10-3-8-13-9/h9-10H,2-8H2,1H3. The highest BCUT2D eigenvalue weighted by atomic mass is 32.2. The Bertz CT molecular complexity index is 151. The van der Waals surface area contributed by atoms with Crippen molar-refractivity contribution >= 4 is 11.8 Å².